The fourth-order valence-corrected chi connectivity index (χ4v) is 4.76. The van der Waals surface area contributed by atoms with Crippen LogP contribution in [-0.2, 0) is 21.3 Å². The van der Waals surface area contributed by atoms with Crippen molar-refractivity contribution < 1.29 is 17.5 Å². The Morgan fingerprint density at radius 3 is 2.54 bits per heavy atom. The van der Waals surface area contributed by atoms with Crippen LogP contribution in [-0.4, -0.2) is 44.1 Å². The highest BCUT2D eigenvalue weighted by atomic mass is 35.5. The lowest BCUT2D eigenvalue weighted by Crippen LogP contribution is -2.40. The Bertz CT molecular complexity index is 949. The van der Waals surface area contributed by atoms with E-state index in [1.807, 2.05) is 0 Å². The largest absolute Gasteiger partial charge is 0.379 e. The first kappa shape index (κ1) is 20.9. The van der Waals surface area contributed by atoms with Crippen LogP contribution in [0.2, 0.25) is 5.02 Å². The van der Waals surface area contributed by atoms with Crippen molar-refractivity contribution in [1.29, 1.82) is 0 Å². The van der Waals surface area contributed by atoms with Crippen molar-refractivity contribution in [3.63, 3.8) is 0 Å². The molecule has 1 saturated heterocycles. The normalized spacial score (nSPS) is 15.2. The summed E-state index contributed by atoms with van der Waals surface area (Å²) in [5.41, 5.74) is 1.35. The SMILES string of the molecule is O=S(=O)(c1cc(NC(=S)NCc2ccc(F)cc2)ccc1Cl)N1CCOCC1. The molecule has 2 aromatic carbocycles. The van der Waals surface area contributed by atoms with Crippen LogP contribution in [0.25, 0.3) is 0 Å². The zero-order valence-electron chi connectivity index (χ0n) is 14.8. The van der Waals surface area contributed by atoms with Crippen molar-refractivity contribution in [1.82, 2.24) is 9.62 Å². The van der Waals surface area contributed by atoms with Gasteiger partial charge >= 0.3 is 0 Å². The van der Waals surface area contributed by atoms with E-state index in [2.05, 4.69) is 10.6 Å². The number of benzene rings is 2. The predicted octanol–water partition coefficient (Wildman–Crippen LogP) is 2.99. The third-order valence-corrected chi connectivity index (χ3v) is 6.77. The van der Waals surface area contributed by atoms with Crippen LogP contribution in [0.4, 0.5) is 10.1 Å². The zero-order valence-corrected chi connectivity index (χ0v) is 17.2. The average Bonchev–Trinajstić information content (AvgIpc) is 2.69. The van der Waals surface area contributed by atoms with Gasteiger partial charge in [0.15, 0.2) is 5.11 Å². The molecule has 0 aromatic heterocycles. The molecule has 0 amide bonds. The lowest BCUT2D eigenvalue weighted by Gasteiger charge is -2.26. The summed E-state index contributed by atoms with van der Waals surface area (Å²) in [6.45, 7) is 1.68. The summed E-state index contributed by atoms with van der Waals surface area (Å²) in [6.07, 6.45) is 0. The second-order valence-corrected chi connectivity index (χ2v) is 8.82. The van der Waals surface area contributed by atoms with Gasteiger partial charge in [-0.2, -0.15) is 4.31 Å². The van der Waals surface area contributed by atoms with Crippen LogP contribution in [0.5, 0.6) is 0 Å². The molecule has 0 radical (unpaired) electrons. The lowest BCUT2D eigenvalue weighted by molar-refractivity contribution is 0.0730. The smallest absolute Gasteiger partial charge is 0.244 e. The van der Waals surface area contributed by atoms with E-state index < -0.39 is 10.0 Å². The molecule has 2 N–H and O–H groups in total. The van der Waals surface area contributed by atoms with Crippen molar-refractivity contribution in [2.75, 3.05) is 31.6 Å². The fourth-order valence-electron chi connectivity index (χ4n) is 2.66. The second-order valence-electron chi connectivity index (χ2n) is 6.10. The van der Waals surface area contributed by atoms with E-state index in [0.717, 1.165) is 5.56 Å². The summed E-state index contributed by atoms with van der Waals surface area (Å²) < 4.78 is 45.2. The molecule has 0 aliphatic carbocycles. The molecule has 28 heavy (non-hydrogen) atoms. The molecule has 0 bridgehead atoms. The maximum Gasteiger partial charge on any atom is 0.244 e. The highest BCUT2D eigenvalue weighted by Gasteiger charge is 2.28. The molecule has 1 aliphatic heterocycles. The van der Waals surface area contributed by atoms with E-state index in [-0.39, 0.29) is 28.8 Å². The van der Waals surface area contributed by atoms with E-state index in [0.29, 0.717) is 30.6 Å². The fraction of sp³-hybridized carbons (Fsp3) is 0.278. The topological polar surface area (TPSA) is 70.7 Å². The van der Waals surface area contributed by atoms with E-state index >= 15 is 0 Å². The zero-order chi connectivity index (χ0) is 20.1. The van der Waals surface area contributed by atoms with Crippen molar-refractivity contribution in [3.8, 4) is 0 Å². The van der Waals surface area contributed by atoms with Crippen molar-refractivity contribution in [3.05, 3.63) is 58.9 Å². The molecule has 0 atom stereocenters. The average molecular weight is 444 g/mol. The summed E-state index contributed by atoms with van der Waals surface area (Å²) in [7, 11) is -3.73. The van der Waals surface area contributed by atoms with Crippen LogP contribution in [0.1, 0.15) is 5.56 Å². The van der Waals surface area contributed by atoms with E-state index in [4.69, 9.17) is 28.6 Å². The Hall–Kier alpha value is -1.78. The Morgan fingerprint density at radius 1 is 1.18 bits per heavy atom. The first-order chi connectivity index (χ1) is 13.4. The first-order valence-electron chi connectivity index (χ1n) is 8.53. The molecule has 0 spiro atoms. The number of thiocarbonyl (C=S) groups is 1. The number of nitrogens with zero attached hydrogens (tertiary/aromatic N) is 1. The number of nitrogens with one attached hydrogen (secondary N) is 2. The number of sulfonamides is 1. The van der Waals surface area contributed by atoms with Crippen LogP contribution < -0.4 is 10.6 Å². The minimum absolute atomic E-state index is 0.0161. The standard InChI is InChI=1S/C18H19ClFN3O3S2/c19-16-6-5-15(11-17(16)28(24,25)23-7-9-26-10-8-23)22-18(27)21-12-13-1-3-14(20)4-2-13/h1-6,11H,7-10,12H2,(H2,21,22,27). The van der Waals surface area contributed by atoms with Gasteiger partial charge in [-0.05, 0) is 48.1 Å². The van der Waals surface area contributed by atoms with Crippen molar-refractivity contribution in [2.24, 2.45) is 0 Å². The number of hydrogen-bond acceptors (Lipinski definition) is 4. The van der Waals surface area contributed by atoms with Gasteiger partial charge in [0, 0.05) is 25.3 Å². The monoisotopic (exact) mass is 443 g/mol. The van der Waals surface area contributed by atoms with Gasteiger partial charge in [-0.1, -0.05) is 23.7 Å². The number of ether oxygens (including phenoxy) is 1. The quantitative estimate of drug-likeness (QED) is 0.692. The molecule has 1 fully saturated rings. The highest BCUT2D eigenvalue weighted by molar-refractivity contribution is 7.89. The van der Waals surface area contributed by atoms with Crippen LogP contribution in [0.15, 0.2) is 47.4 Å². The summed E-state index contributed by atoms with van der Waals surface area (Å²) in [5, 5.41) is 6.39. The number of hydrogen-bond donors (Lipinski definition) is 2. The van der Waals surface area contributed by atoms with E-state index in [1.54, 1.807) is 18.2 Å². The minimum atomic E-state index is -3.73. The van der Waals surface area contributed by atoms with Gasteiger partial charge in [0.2, 0.25) is 10.0 Å². The molecular weight excluding hydrogens is 425 g/mol. The van der Waals surface area contributed by atoms with E-state index in [9.17, 15) is 12.8 Å². The second kappa shape index (κ2) is 9.15. The Labute approximate surface area is 173 Å². The first-order valence-corrected chi connectivity index (χ1v) is 10.8. The van der Waals surface area contributed by atoms with Gasteiger partial charge in [0.1, 0.15) is 10.7 Å². The molecule has 150 valence electrons. The van der Waals surface area contributed by atoms with Crippen LogP contribution in [0.3, 0.4) is 0 Å². The molecule has 1 aliphatic rings. The Morgan fingerprint density at radius 2 is 1.86 bits per heavy atom. The molecule has 6 nitrogen and oxygen atoms in total. The maximum atomic E-state index is 12.9. The number of morpholine rings is 1. The predicted molar refractivity (Wildman–Crippen MR) is 110 cm³/mol. The molecule has 0 saturated carbocycles. The summed E-state index contributed by atoms with van der Waals surface area (Å²) in [5.74, 6) is -0.306. The van der Waals surface area contributed by atoms with Crippen LogP contribution in [0, 0.1) is 5.82 Å². The molecule has 10 heteroatoms. The number of rotatable bonds is 5. The van der Waals surface area contributed by atoms with Crippen LogP contribution >= 0.6 is 23.8 Å². The van der Waals surface area contributed by atoms with Crippen molar-refractivity contribution in [2.45, 2.75) is 11.4 Å². The van der Waals surface area contributed by atoms with Gasteiger partial charge in [-0.3, -0.25) is 0 Å². The van der Waals surface area contributed by atoms with Gasteiger partial charge in [0.25, 0.3) is 0 Å². The molecule has 3 rings (SSSR count). The number of anilines is 1. The summed E-state index contributed by atoms with van der Waals surface area (Å²) >= 11 is 11.4. The van der Waals surface area contributed by atoms with Gasteiger partial charge in [-0.15, -0.1) is 0 Å². The molecular formula is C18H19ClFN3O3S2. The third-order valence-electron chi connectivity index (χ3n) is 4.14. The minimum Gasteiger partial charge on any atom is -0.379 e. The van der Waals surface area contributed by atoms with Crippen molar-refractivity contribution >= 4 is 44.6 Å². The van der Waals surface area contributed by atoms with Gasteiger partial charge in [-0.25, -0.2) is 12.8 Å². The maximum absolute atomic E-state index is 12.9. The summed E-state index contributed by atoms with van der Waals surface area (Å²) in [4.78, 5) is 0.0161. The number of halogens is 2. The third kappa shape index (κ3) is 5.18. The highest BCUT2D eigenvalue weighted by Crippen LogP contribution is 2.28. The lowest BCUT2D eigenvalue weighted by atomic mass is 10.2. The summed E-state index contributed by atoms with van der Waals surface area (Å²) in [6, 6.07) is 10.7. The Balaban J connectivity index is 1.68. The molecule has 2 aromatic rings. The molecule has 0 unspecified atom stereocenters. The molecule has 1 heterocycles. The van der Waals surface area contributed by atoms with Gasteiger partial charge in [0.05, 0.1) is 18.2 Å². The van der Waals surface area contributed by atoms with E-state index in [1.165, 1.54) is 28.6 Å². The van der Waals surface area contributed by atoms with Gasteiger partial charge < -0.3 is 15.4 Å². The Kier molecular flexibility index (Phi) is 6.84.